The molecular formula is C19H26ClF2N3O3. The van der Waals surface area contributed by atoms with Crippen molar-refractivity contribution >= 4 is 24.2 Å². The molecule has 6 nitrogen and oxygen atoms in total. The van der Waals surface area contributed by atoms with E-state index in [2.05, 4.69) is 10.6 Å². The van der Waals surface area contributed by atoms with Crippen molar-refractivity contribution in [1.82, 2.24) is 15.5 Å². The molecule has 2 aliphatic rings. The molecular weight excluding hydrogens is 392 g/mol. The second-order valence-electron chi connectivity index (χ2n) is 7.38. The van der Waals surface area contributed by atoms with Crippen LogP contribution in [-0.2, 0) is 16.1 Å². The Balaban J connectivity index is 0.00000280. The van der Waals surface area contributed by atoms with Gasteiger partial charge in [0.05, 0.1) is 24.8 Å². The molecule has 28 heavy (non-hydrogen) atoms. The van der Waals surface area contributed by atoms with Gasteiger partial charge < -0.3 is 15.0 Å². The zero-order chi connectivity index (χ0) is 19.6. The molecule has 156 valence electrons. The maximum Gasteiger partial charge on any atom is 0.262 e. The van der Waals surface area contributed by atoms with Gasteiger partial charge in [0.1, 0.15) is 0 Å². The minimum atomic E-state index is -2.83. The van der Waals surface area contributed by atoms with E-state index in [1.54, 1.807) is 29.2 Å². The van der Waals surface area contributed by atoms with E-state index >= 15 is 0 Å². The number of morpholine rings is 1. The van der Waals surface area contributed by atoms with Gasteiger partial charge in [0.25, 0.3) is 11.8 Å². The van der Waals surface area contributed by atoms with Crippen LogP contribution in [0.3, 0.4) is 0 Å². The summed E-state index contributed by atoms with van der Waals surface area (Å²) in [5.41, 5.74) is 1.37. The minimum Gasteiger partial charge on any atom is -0.372 e. The Hall–Kier alpha value is -1.77. The largest absolute Gasteiger partial charge is 0.372 e. The lowest BCUT2D eigenvalue weighted by atomic mass is 10.1. The van der Waals surface area contributed by atoms with Crippen molar-refractivity contribution < 1.29 is 23.1 Å². The first kappa shape index (κ1) is 22.5. The third-order valence-electron chi connectivity index (χ3n) is 4.80. The van der Waals surface area contributed by atoms with Crippen LogP contribution in [0, 0.1) is 0 Å². The van der Waals surface area contributed by atoms with Gasteiger partial charge in [-0.15, -0.1) is 12.4 Å². The molecule has 0 spiro atoms. The minimum absolute atomic E-state index is 0. The summed E-state index contributed by atoms with van der Waals surface area (Å²) in [7, 11) is 0. The number of amides is 2. The number of nitrogens with zero attached hydrogens (tertiary/aromatic N) is 1. The molecule has 3 atom stereocenters. The lowest BCUT2D eigenvalue weighted by Crippen LogP contribution is -2.48. The number of nitrogens with one attached hydrogen (secondary N) is 2. The molecule has 2 fully saturated rings. The number of hydrogen-bond donors (Lipinski definition) is 2. The summed E-state index contributed by atoms with van der Waals surface area (Å²) in [5, 5.41) is 5.18. The van der Waals surface area contributed by atoms with Crippen molar-refractivity contribution in [1.29, 1.82) is 0 Å². The molecule has 2 amide bonds. The van der Waals surface area contributed by atoms with E-state index in [-0.39, 0.29) is 37.1 Å². The number of carbonyl (C=O) groups is 2. The maximum absolute atomic E-state index is 13.2. The van der Waals surface area contributed by atoms with Crippen molar-refractivity contribution in [3.63, 3.8) is 0 Å². The second kappa shape index (κ2) is 9.15. The number of halogens is 3. The molecule has 0 radical (unpaired) electrons. The summed E-state index contributed by atoms with van der Waals surface area (Å²) in [6.07, 6.45) is -0.477. The molecule has 9 heteroatoms. The highest BCUT2D eigenvalue weighted by atomic mass is 35.5. The van der Waals surface area contributed by atoms with Crippen LogP contribution in [-0.4, -0.2) is 60.5 Å². The van der Waals surface area contributed by atoms with E-state index in [1.807, 2.05) is 13.8 Å². The van der Waals surface area contributed by atoms with E-state index < -0.39 is 30.8 Å². The summed E-state index contributed by atoms with van der Waals surface area (Å²) >= 11 is 0. The van der Waals surface area contributed by atoms with Gasteiger partial charge in [0, 0.05) is 31.6 Å². The van der Waals surface area contributed by atoms with E-state index in [9.17, 15) is 18.4 Å². The average Bonchev–Trinajstić information content (AvgIpc) is 2.98. The Kier molecular flexibility index (Phi) is 7.36. The fourth-order valence-corrected chi connectivity index (χ4v) is 3.50. The van der Waals surface area contributed by atoms with Crippen LogP contribution >= 0.6 is 12.4 Å². The fraction of sp³-hybridized carbons (Fsp3) is 0.579. The van der Waals surface area contributed by atoms with Crippen LogP contribution in [0.2, 0.25) is 0 Å². The predicted molar refractivity (Wildman–Crippen MR) is 103 cm³/mol. The van der Waals surface area contributed by atoms with Crippen molar-refractivity contribution in [3.05, 3.63) is 35.4 Å². The monoisotopic (exact) mass is 417 g/mol. The quantitative estimate of drug-likeness (QED) is 0.785. The van der Waals surface area contributed by atoms with E-state index in [0.717, 1.165) is 5.56 Å². The summed E-state index contributed by atoms with van der Waals surface area (Å²) in [6, 6.07) is 6.09. The topological polar surface area (TPSA) is 70.7 Å². The Labute approximate surface area is 169 Å². The first-order valence-electron chi connectivity index (χ1n) is 9.16. The van der Waals surface area contributed by atoms with Crippen LogP contribution < -0.4 is 10.6 Å². The van der Waals surface area contributed by atoms with Crippen LogP contribution in [0.15, 0.2) is 24.3 Å². The van der Waals surface area contributed by atoms with Crippen LogP contribution in [0.1, 0.15) is 36.2 Å². The number of benzene rings is 1. The molecule has 3 rings (SSSR count). The molecule has 3 unspecified atom stereocenters. The van der Waals surface area contributed by atoms with Crippen molar-refractivity contribution in [2.45, 2.75) is 51.0 Å². The van der Waals surface area contributed by atoms with Crippen LogP contribution in [0.4, 0.5) is 8.78 Å². The first-order valence-corrected chi connectivity index (χ1v) is 9.16. The Morgan fingerprint density at radius 1 is 1.21 bits per heavy atom. The van der Waals surface area contributed by atoms with Gasteiger partial charge in [0.15, 0.2) is 0 Å². The zero-order valence-corrected chi connectivity index (χ0v) is 16.7. The Bertz CT molecular complexity index is 692. The van der Waals surface area contributed by atoms with Gasteiger partial charge >= 0.3 is 0 Å². The van der Waals surface area contributed by atoms with E-state index in [1.165, 1.54) is 0 Å². The third-order valence-corrected chi connectivity index (χ3v) is 4.80. The van der Waals surface area contributed by atoms with Crippen LogP contribution in [0.5, 0.6) is 0 Å². The Morgan fingerprint density at radius 2 is 1.82 bits per heavy atom. The highest BCUT2D eigenvalue weighted by molar-refractivity contribution is 5.94. The predicted octanol–water partition coefficient (Wildman–Crippen LogP) is 1.97. The SMILES string of the molecule is CC1CN(C(=O)c2ccc(CNC(=O)C3CC(F)(F)CN3)cc2)CC(C)O1.Cl. The normalized spacial score (nSPS) is 26.4. The summed E-state index contributed by atoms with van der Waals surface area (Å²) in [6.45, 7) is 4.75. The molecule has 2 saturated heterocycles. The van der Waals surface area contributed by atoms with Gasteiger partial charge in [-0.1, -0.05) is 12.1 Å². The van der Waals surface area contributed by atoms with Gasteiger partial charge in [-0.25, -0.2) is 8.78 Å². The molecule has 1 aromatic carbocycles. The summed E-state index contributed by atoms with van der Waals surface area (Å²) < 4.78 is 32.0. The molecule has 2 heterocycles. The average molecular weight is 418 g/mol. The van der Waals surface area contributed by atoms with Gasteiger partial charge in [-0.05, 0) is 31.5 Å². The molecule has 0 aliphatic carbocycles. The number of alkyl halides is 2. The van der Waals surface area contributed by atoms with Crippen molar-refractivity contribution in [2.24, 2.45) is 0 Å². The number of rotatable bonds is 4. The van der Waals surface area contributed by atoms with Crippen molar-refractivity contribution in [2.75, 3.05) is 19.6 Å². The second-order valence-corrected chi connectivity index (χ2v) is 7.38. The molecule has 0 bridgehead atoms. The molecule has 1 aromatic rings. The lowest BCUT2D eigenvalue weighted by molar-refractivity contribution is -0.123. The number of hydrogen-bond acceptors (Lipinski definition) is 4. The highest BCUT2D eigenvalue weighted by Crippen LogP contribution is 2.25. The molecule has 2 N–H and O–H groups in total. The lowest BCUT2D eigenvalue weighted by Gasteiger charge is -2.35. The smallest absolute Gasteiger partial charge is 0.262 e. The van der Waals surface area contributed by atoms with E-state index in [4.69, 9.17) is 4.74 Å². The highest BCUT2D eigenvalue weighted by Gasteiger charge is 2.42. The zero-order valence-electron chi connectivity index (χ0n) is 15.9. The summed E-state index contributed by atoms with van der Waals surface area (Å²) in [4.78, 5) is 26.4. The number of ether oxygens (including phenoxy) is 1. The maximum atomic E-state index is 13.2. The molecule has 0 saturated carbocycles. The molecule has 0 aromatic heterocycles. The van der Waals surface area contributed by atoms with Crippen molar-refractivity contribution in [3.8, 4) is 0 Å². The standard InChI is InChI=1S/C19H25F2N3O3.ClH/c1-12-9-24(10-13(2)27-12)18(26)15-5-3-14(4-6-15)8-22-17(25)16-7-19(20,21)11-23-16;/h3-6,12-13,16,23H,7-11H2,1-2H3,(H,22,25);1H. The first-order chi connectivity index (χ1) is 12.7. The van der Waals surface area contributed by atoms with Gasteiger partial charge in [-0.2, -0.15) is 0 Å². The Morgan fingerprint density at radius 3 is 2.36 bits per heavy atom. The summed E-state index contributed by atoms with van der Waals surface area (Å²) in [5.74, 6) is -3.33. The van der Waals surface area contributed by atoms with E-state index in [0.29, 0.717) is 18.7 Å². The van der Waals surface area contributed by atoms with Crippen LogP contribution in [0.25, 0.3) is 0 Å². The third kappa shape index (κ3) is 5.62. The molecule has 2 aliphatic heterocycles. The number of carbonyl (C=O) groups excluding carboxylic acids is 2. The van der Waals surface area contributed by atoms with Gasteiger partial charge in [-0.3, -0.25) is 14.9 Å². The van der Waals surface area contributed by atoms with Gasteiger partial charge in [0.2, 0.25) is 5.91 Å². The fourth-order valence-electron chi connectivity index (χ4n) is 3.50.